The van der Waals surface area contributed by atoms with Crippen LogP contribution in [0.3, 0.4) is 0 Å². The largest absolute Gasteiger partial charge is 0.306 e. The van der Waals surface area contributed by atoms with Gasteiger partial charge >= 0.3 is 0 Å². The Morgan fingerprint density at radius 3 is 2.10 bits per heavy atom. The van der Waals surface area contributed by atoms with E-state index in [1.807, 2.05) is 60.7 Å². The molecule has 2 heterocycles. The number of rotatable bonds is 4. The molecule has 6 nitrogen and oxygen atoms in total. The van der Waals surface area contributed by atoms with E-state index in [2.05, 4.69) is 15.4 Å². The minimum atomic E-state index is -0.525. The van der Waals surface area contributed by atoms with Crippen molar-refractivity contribution in [2.24, 2.45) is 7.05 Å². The van der Waals surface area contributed by atoms with E-state index < -0.39 is 11.5 Å². The molecule has 0 bridgehead atoms. The summed E-state index contributed by atoms with van der Waals surface area (Å²) >= 11 is 0. The third-order valence-corrected chi connectivity index (χ3v) is 4.49. The predicted molar refractivity (Wildman–Crippen MR) is 113 cm³/mol. The highest BCUT2D eigenvalue weighted by atomic mass is 16.2. The third-order valence-electron chi connectivity index (χ3n) is 4.49. The topological polar surface area (TPSA) is 76.9 Å². The van der Waals surface area contributed by atoms with Crippen LogP contribution in [0.2, 0.25) is 0 Å². The van der Waals surface area contributed by atoms with Gasteiger partial charge in [0.25, 0.3) is 11.5 Å². The molecular formula is C23H18N4O2. The van der Waals surface area contributed by atoms with Crippen molar-refractivity contribution in [3.05, 3.63) is 101 Å². The molecule has 0 aliphatic rings. The van der Waals surface area contributed by atoms with Gasteiger partial charge in [-0.15, -0.1) is 0 Å². The van der Waals surface area contributed by atoms with Gasteiger partial charge in [-0.05, 0) is 17.7 Å². The maximum atomic E-state index is 13.2. The summed E-state index contributed by atoms with van der Waals surface area (Å²) in [6.07, 6.45) is 1.58. The number of benzene rings is 2. The summed E-state index contributed by atoms with van der Waals surface area (Å²) in [4.78, 5) is 30.3. The molecule has 4 aromatic rings. The highest BCUT2D eigenvalue weighted by molar-refractivity contribution is 6.10. The van der Waals surface area contributed by atoms with Crippen LogP contribution in [0.5, 0.6) is 0 Å². The lowest BCUT2D eigenvalue weighted by Gasteiger charge is -2.15. The Kier molecular flexibility index (Phi) is 4.99. The van der Waals surface area contributed by atoms with Crippen molar-refractivity contribution < 1.29 is 4.79 Å². The van der Waals surface area contributed by atoms with Crippen molar-refractivity contribution >= 4 is 11.7 Å². The second-order valence-electron chi connectivity index (χ2n) is 6.43. The third kappa shape index (κ3) is 3.68. The Bertz CT molecular complexity index is 1200. The lowest BCUT2D eigenvalue weighted by molar-refractivity contribution is 0.102. The zero-order valence-corrected chi connectivity index (χ0v) is 15.7. The van der Waals surface area contributed by atoms with Gasteiger partial charge in [0.05, 0.1) is 5.69 Å². The van der Waals surface area contributed by atoms with Crippen LogP contribution in [0, 0.1) is 0 Å². The quantitative estimate of drug-likeness (QED) is 0.583. The van der Waals surface area contributed by atoms with Gasteiger partial charge in [-0.25, -0.2) is 9.67 Å². The molecule has 0 saturated carbocycles. The summed E-state index contributed by atoms with van der Waals surface area (Å²) in [6, 6.07) is 24.0. The van der Waals surface area contributed by atoms with Crippen LogP contribution in [0.25, 0.3) is 22.4 Å². The van der Waals surface area contributed by atoms with E-state index in [4.69, 9.17) is 0 Å². The van der Waals surface area contributed by atoms with Gasteiger partial charge in [-0.2, -0.15) is 5.10 Å². The summed E-state index contributed by atoms with van der Waals surface area (Å²) < 4.78 is 1.20. The number of nitrogens with zero attached hydrogens (tertiary/aromatic N) is 3. The maximum absolute atomic E-state index is 13.2. The summed E-state index contributed by atoms with van der Waals surface area (Å²) in [7, 11) is 1.54. The van der Waals surface area contributed by atoms with E-state index in [1.54, 1.807) is 31.4 Å². The van der Waals surface area contributed by atoms with Crippen LogP contribution in [0.1, 0.15) is 10.4 Å². The molecule has 2 aromatic heterocycles. The van der Waals surface area contributed by atoms with Crippen LogP contribution in [-0.2, 0) is 7.05 Å². The minimum absolute atomic E-state index is 0.0261. The lowest BCUT2D eigenvalue weighted by Crippen LogP contribution is -2.31. The highest BCUT2D eigenvalue weighted by Crippen LogP contribution is 2.32. The first kappa shape index (κ1) is 18.3. The SMILES string of the molecule is Cn1nc(-c2ccccc2)c(-c2ccccc2)c(C(=O)Nc2ccccn2)c1=O. The molecule has 0 aliphatic heterocycles. The van der Waals surface area contributed by atoms with Gasteiger partial charge in [0.1, 0.15) is 11.4 Å². The van der Waals surface area contributed by atoms with Crippen molar-refractivity contribution in [2.75, 3.05) is 5.32 Å². The maximum Gasteiger partial charge on any atom is 0.280 e. The molecular weight excluding hydrogens is 364 g/mol. The van der Waals surface area contributed by atoms with Crippen LogP contribution < -0.4 is 10.9 Å². The van der Waals surface area contributed by atoms with Gasteiger partial charge in [-0.3, -0.25) is 9.59 Å². The van der Waals surface area contributed by atoms with E-state index in [0.29, 0.717) is 17.1 Å². The molecule has 0 radical (unpaired) electrons. The van der Waals surface area contributed by atoms with Gasteiger partial charge in [0, 0.05) is 24.4 Å². The number of nitrogens with one attached hydrogen (secondary N) is 1. The molecule has 1 amide bonds. The summed E-state index contributed by atoms with van der Waals surface area (Å²) in [5.74, 6) is -0.153. The van der Waals surface area contributed by atoms with E-state index in [0.717, 1.165) is 11.1 Å². The molecule has 6 heteroatoms. The first-order valence-electron chi connectivity index (χ1n) is 9.09. The predicted octanol–water partition coefficient (Wildman–Crippen LogP) is 3.76. The Hall–Kier alpha value is -4.06. The van der Waals surface area contributed by atoms with Gasteiger partial charge in [0.2, 0.25) is 0 Å². The van der Waals surface area contributed by atoms with Gasteiger partial charge in [-0.1, -0.05) is 66.7 Å². The van der Waals surface area contributed by atoms with Crippen molar-refractivity contribution in [1.29, 1.82) is 0 Å². The van der Waals surface area contributed by atoms with Crippen molar-refractivity contribution in [1.82, 2.24) is 14.8 Å². The lowest BCUT2D eigenvalue weighted by atomic mass is 9.95. The number of anilines is 1. The molecule has 4 rings (SSSR count). The minimum Gasteiger partial charge on any atom is -0.306 e. The van der Waals surface area contributed by atoms with Gasteiger partial charge < -0.3 is 5.32 Å². The summed E-state index contributed by atoms with van der Waals surface area (Å²) in [5.41, 5.74) is 2.16. The highest BCUT2D eigenvalue weighted by Gasteiger charge is 2.24. The Balaban J connectivity index is 1.97. The van der Waals surface area contributed by atoms with Crippen LogP contribution in [0.4, 0.5) is 5.82 Å². The fourth-order valence-corrected chi connectivity index (χ4v) is 3.14. The van der Waals surface area contributed by atoms with E-state index in [-0.39, 0.29) is 5.56 Å². The van der Waals surface area contributed by atoms with E-state index in [1.165, 1.54) is 4.68 Å². The zero-order valence-electron chi connectivity index (χ0n) is 15.7. The molecule has 0 atom stereocenters. The number of carbonyl (C=O) groups is 1. The number of aromatic nitrogens is 3. The molecule has 0 saturated heterocycles. The number of carbonyl (C=O) groups excluding carboxylic acids is 1. The molecule has 0 fully saturated rings. The van der Waals surface area contributed by atoms with E-state index in [9.17, 15) is 9.59 Å². The molecule has 2 aromatic carbocycles. The molecule has 29 heavy (non-hydrogen) atoms. The molecule has 0 spiro atoms. The van der Waals surface area contributed by atoms with Crippen LogP contribution in [-0.4, -0.2) is 20.7 Å². The summed E-state index contributed by atoms with van der Waals surface area (Å²) in [5, 5.41) is 7.20. The number of aryl methyl sites for hydroxylation is 1. The fourth-order valence-electron chi connectivity index (χ4n) is 3.14. The number of hydrogen-bond donors (Lipinski definition) is 1. The second kappa shape index (κ2) is 7.90. The number of pyridine rings is 1. The smallest absolute Gasteiger partial charge is 0.280 e. The number of amides is 1. The molecule has 0 aliphatic carbocycles. The molecule has 0 unspecified atom stereocenters. The van der Waals surface area contributed by atoms with Crippen LogP contribution in [0.15, 0.2) is 89.9 Å². The standard InChI is InChI=1S/C23H18N4O2/c1-27-23(29)20(22(28)25-18-14-8-9-15-24-18)19(16-10-4-2-5-11-16)21(26-27)17-12-6-3-7-13-17/h2-15H,1H3,(H,24,25,28). The van der Waals surface area contributed by atoms with E-state index >= 15 is 0 Å². The first-order valence-corrected chi connectivity index (χ1v) is 9.09. The monoisotopic (exact) mass is 382 g/mol. The normalized spacial score (nSPS) is 10.5. The number of hydrogen-bond acceptors (Lipinski definition) is 4. The van der Waals surface area contributed by atoms with Gasteiger partial charge in [0.15, 0.2) is 0 Å². The zero-order chi connectivity index (χ0) is 20.2. The second-order valence-corrected chi connectivity index (χ2v) is 6.43. The first-order chi connectivity index (χ1) is 14.1. The molecule has 1 N–H and O–H groups in total. The average molecular weight is 382 g/mol. The van der Waals surface area contributed by atoms with Crippen molar-refractivity contribution in [2.45, 2.75) is 0 Å². The van der Waals surface area contributed by atoms with Crippen LogP contribution >= 0.6 is 0 Å². The average Bonchev–Trinajstić information content (AvgIpc) is 2.77. The van der Waals surface area contributed by atoms with Crippen molar-refractivity contribution in [3.8, 4) is 22.4 Å². The Morgan fingerprint density at radius 2 is 1.48 bits per heavy atom. The Morgan fingerprint density at radius 1 is 0.862 bits per heavy atom. The molecule has 142 valence electrons. The Labute approximate surface area is 167 Å². The van der Waals surface area contributed by atoms with Crippen molar-refractivity contribution in [3.63, 3.8) is 0 Å². The fraction of sp³-hybridized carbons (Fsp3) is 0.0435. The summed E-state index contributed by atoms with van der Waals surface area (Å²) in [6.45, 7) is 0.